The van der Waals surface area contributed by atoms with E-state index in [1.54, 1.807) is 12.8 Å². The first-order valence-corrected chi connectivity index (χ1v) is 36.5. The Labute approximate surface area is 516 Å². The molecule has 1 amide bonds. The summed E-state index contributed by atoms with van der Waals surface area (Å²) < 4.78 is 4.99. The van der Waals surface area contributed by atoms with Crippen LogP contribution in [-0.2, 0) is 4.74 Å². The fraction of sp³-hybridized carbons (Fsp3) is 0.962. The van der Waals surface area contributed by atoms with Crippen LogP contribution in [0.2, 0.25) is 0 Å². The number of hydrogen-bond acceptors (Lipinski definition) is 2. The molecule has 1 saturated heterocycles. The third-order valence-electron chi connectivity index (χ3n) is 23.0. The van der Waals surface area contributed by atoms with Crippen LogP contribution in [0.1, 0.15) is 351 Å². The van der Waals surface area contributed by atoms with Gasteiger partial charge in [0.05, 0.1) is 6.61 Å². The van der Waals surface area contributed by atoms with Gasteiger partial charge in [-0.25, -0.2) is 4.79 Å². The Hall–Kier alpha value is -0.990. The summed E-state index contributed by atoms with van der Waals surface area (Å²) in [6.07, 6.45) is 50.3. The topological polar surface area (TPSA) is 29.5 Å². The maximum Gasteiger partial charge on any atom is 0.409 e. The predicted molar refractivity (Wildman–Crippen MR) is 362 cm³/mol. The number of carbonyl (C=O) groups is 1. The Morgan fingerprint density at radius 2 is 0.817 bits per heavy atom. The van der Waals surface area contributed by atoms with Crippen molar-refractivity contribution in [3.8, 4) is 0 Å². The SMILES string of the molecule is CC(C)(C)C1CC2CCC(C2)C1.CC(C)(C)C1CC2CCC1C2.CC(C)(C)C1CCCCC1.CC(C)(C)C1CCCCCC1.CC(C)(C)CC1CC2C=CC1C2.CC(C)(C)CC1CCCCC1.CCOC(=O)N1CCC(C(C)(C)C)CC1. The first-order valence-electron chi connectivity index (χ1n) is 36.5. The molecule has 1 aliphatic heterocycles. The van der Waals surface area contributed by atoms with Crippen molar-refractivity contribution < 1.29 is 9.53 Å². The molecule has 1 heterocycles. The molecule has 0 aromatic carbocycles. The zero-order chi connectivity index (χ0) is 61.3. The Balaban J connectivity index is 0.000000206. The van der Waals surface area contributed by atoms with E-state index in [4.69, 9.17) is 4.74 Å². The molecule has 10 rings (SSSR count). The molecule has 8 atom stereocenters. The van der Waals surface area contributed by atoms with Crippen molar-refractivity contribution in [2.24, 2.45) is 115 Å². The van der Waals surface area contributed by atoms with Crippen LogP contribution in [-0.4, -0.2) is 30.7 Å². The van der Waals surface area contributed by atoms with Gasteiger partial charge in [0.15, 0.2) is 0 Å². The average Bonchev–Trinajstić information content (AvgIpc) is 4.33. The van der Waals surface area contributed by atoms with E-state index in [0.29, 0.717) is 44.5 Å². The zero-order valence-electron chi connectivity index (χ0n) is 60.0. The highest BCUT2D eigenvalue weighted by Gasteiger charge is 2.45. The van der Waals surface area contributed by atoms with Crippen LogP contribution >= 0.6 is 0 Å². The van der Waals surface area contributed by atoms with Crippen LogP contribution in [0.25, 0.3) is 0 Å². The van der Waals surface area contributed by atoms with E-state index in [1.165, 1.54) is 173 Å². The molecule has 482 valence electrons. The van der Waals surface area contributed by atoms with Crippen molar-refractivity contribution in [2.75, 3.05) is 19.7 Å². The summed E-state index contributed by atoms with van der Waals surface area (Å²) in [5.74, 6) is 13.1. The lowest BCUT2D eigenvalue weighted by Crippen LogP contribution is -2.41. The quantitative estimate of drug-likeness (QED) is 0.208. The van der Waals surface area contributed by atoms with Gasteiger partial charge in [-0.2, -0.15) is 0 Å². The summed E-state index contributed by atoms with van der Waals surface area (Å²) in [7, 11) is 0. The summed E-state index contributed by atoms with van der Waals surface area (Å²) in [4.78, 5) is 13.3. The number of rotatable bonds is 3. The summed E-state index contributed by atoms with van der Waals surface area (Å²) in [6, 6.07) is 0. The van der Waals surface area contributed by atoms with Crippen LogP contribution < -0.4 is 0 Å². The molecule has 0 aromatic rings. The summed E-state index contributed by atoms with van der Waals surface area (Å²) in [5.41, 5.74) is 3.73. The van der Waals surface area contributed by atoms with Crippen molar-refractivity contribution in [3.63, 3.8) is 0 Å². The normalized spacial score (nSPS) is 30.1. The first-order chi connectivity index (χ1) is 37.9. The van der Waals surface area contributed by atoms with Gasteiger partial charge in [0.25, 0.3) is 0 Å². The molecule has 0 N–H and O–H groups in total. The largest absolute Gasteiger partial charge is 0.450 e. The van der Waals surface area contributed by atoms with Gasteiger partial charge in [-0.15, -0.1) is 0 Å². The fourth-order valence-electron chi connectivity index (χ4n) is 18.0. The smallest absolute Gasteiger partial charge is 0.409 e. The number of carbonyl (C=O) groups excluding carboxylic acids is 1. The number of nitrogens with zero attached hydrogens (tertiary/aromatic N) is 1. The molecule has 9 aliphatic carbocycles. The molecule has 8 saturated carbocycles. The van der Waals surface area contributed by atoms with Crippen molar-refractivity contribution in [1.29, 1.82) is 0 Å². The average molecular weight is 1150 g/mol. The molecule has 3 heteroatoms. The van der Waals surface area contributed by atoms with E-state index < -0.39 is 0 Å². The van der Waals surface area contributed by atoms with Crippen LogP contribution in [0.3, 0.4) is 0 Å². The highest BCUT2D eigenvalue weighted by Crippen LogP contribution is 2.55. The molecule has 6 bridgehead atoms. The molecule has 9 fully saturated rings. The molecule has 8 unspecified atom stereocenters. The van der Waals surface area contributed by atoms with Gasteiger partial charge < -0.3 is 9.64 Å². The van der Waals surface area contributed by atoms with Crippen LogP contribution in [0.5, 0.6) is 0 Å². The van der Waals surface area contributed by atoms with Gasteiger partial charge >= 0.3 is 6.09 Å². The van der Waals surface area contributed by atoms with Crippen molar-refractivity contribution in [2.45, 2.75) is 351 Å². The fourth-order valence-corrected chi connectivity index (χ4v) is 18.0. The minimum atomic E-state index is -0.148. The number of fused-ring (bicyclic) bond motifs is 6. The van der Waals surface area contributed by atoms with Crippen LogP contribution in [0, 0.1) is 115 Å². The molecule has 82 heavy (non-hydrogen) atoms. The van der Waals surface area contributed by atoms with Gasteiger partial charge in [-0.1, -0.05) is 254 Å². The third kappa shape index (κ3) is 27.6. The van der Waals surface area contributed by atoms with E-state index in [-0.39, 0.29) is 6.09 Å². The second kappa shape index (κ2) is 33.0. The molecule has 0 aromatic heterocycles. The second-order valence-corrected chi connectivity index (χ2v) is 37.9. The van der Waals surface area contributed by atoms with Crippen LogP contribution in [0.15, 0.2) is 12.2 Å². The lowest BCUT2D eigenvalue weighted by Gasteiger charge is -2.38. The van der Waals surface area contributed by atoms with Gasteiger partial charge in [0, 0.05) is 13.1 Å². The Bertz CT molecular complexity index is 1730. The zero-order valence-corrected chi connectivity index (χ0v) is 60.0. The second-order valence-electron chi connectivity index (χ2n) is 37.9. The number of likely N-dealkylation sites (tertiary alicyclic amines) is 1. The Morgan fingerprint density at radius 3 is 1.16 bits per heavy atom. The maximum atomic E-state index is 11.5. The molecule has 0 spiro atoms. The van der Waals surface area contributed by atoms with E-state index in [1.807, 2.05) is 11.8 Å². The number of allylic oxidation sites excluding steroid dienone is 2. The van der Waals surface area contributed by atoms with Crippen molar-refractivity contribution >= 4 is 6.09 Å². The van der Waals surface area contributed by atoms with Gasteiger partial charge in [-0.05, 0) is 224 Å². The highest BCUT2D eigenvalue weighted by atomic mass is 16.6. The Kier molecular flexibility index (Phi) is 29.6. The minimum absolute atomic E-state index is 0.148. The van der Waals surface area contributed by atoms with Gasteiger partial charge in [-0.3, -0.25) is 0 Å². The minimum Gasteiger partial charge on any atom is -0.450 e. The Morgan fingerprint density at radius 1 is 0.402 bits per heavy atom. The van der Waals surface area contributed by atoms with Crippen molar-refractivity contribution in [1.82, 2.24) is 4.90 Å². The molecule has 10 aliphatic rings. The molecule has 3 nitrogen and oxygen atoms in total. The number of amides is 1. The van der Waals surface area contributed by atoms with Gasteiger partial charge in [0.2, 0.25) is 0 Å². The maximum absolute atomic E-state index is 11.5. The van der Waals surface area contributed by atoms with E-state index in [9.17, 15) is 4.79 Å². The number of ether oxygens (including phenoxy) is 1. The van der Waals surface area contributed by atoms with Crippen LogP contribution in [0.4, 0.5) is 4.79 Å². The van der Waals surface area contributed by atoms with Crippen molar-refractivity contribution in [3.05, 3.63) is 12.2 Å². The van der Waals surface area contributed by atoms with E-state index in [2.05, 4.69) is 158 Å². The molecular weight excluding hydrogens is 995 g/mol. The lowest BCUT2D eigenvalue weighted by atomic mass is 9.69. The predicted octanol–water partition coefficient (Wildman–Crippen LogP) is 25.5. The number of piperidine rings is 1. The third-order valence-corrected chi connectivity index (χ3v) is 23.0. The summed E-state index contributed by atoms with van der Waals surface area (Å²) in [6.45, 7) is 53.8. The van der Waals surface area contributed by atoms with Gasteiger partial charge in [0.1, 0.15) is 0 Å². The summed E-state index contributed by atoms with van der Waals surface area (Å²) in [5, 5.41) is 0. The number of hydrogen-bond donors (Lipinski definition) is 0. The monoisotopic (exact) mass is 1140 g/mol. The summed E-state index contributed by atoms with van der Waals surface area (Å²) >= 11 is 0. The molecular formula is C79H149NO2. The first kappa shape index (κ1) is 73.5. The van der Waals surface area contributed by atoms with E-state index in [0.717, 1.165) is 103 Å². The van der Waals surface area contributed by atoms with E-state index >= 15 is 0 Å². The highest BCUT2D eigenvalue weighted by molar-refractivity contribution is 5.67. The molecule has 0 radical (unpaired) electrons. The lowest BCUT2D eigenvalue weighted by molar-refractivity contribution is 0.0736. The standard InChI is InChI=1S/C12H23NO2.C12H20.C12H22.C11H20.2C11H22.C10H20/c1-5-15-11(14)13-8-6-10(7-9-13)12(2,3)4;1-12(2,3)8-11-7-9-4-5-10(11)6-9;1-12(2,3)11-7-9-4-5-10(6-9)8-11;1-11(2,3)10-7-8-4-5-9(10)6-8;1-11(2,3)9-10-7-5-4-6-8-10;1-11(2,3)10-8-6-4-5-7-9-10;1-10(2,3)9-7-5-4-6-8-9/h10H,5-9H2,1-4H3;4-5,9-11H,6-8H2,1-3H3;9-11H,4-8H2,1-3H3;8-10H,4-7H2,1-3H3;2*10H,4-9H2,1-3H3;9H,4-8H2,1-3H3.